The van der Waals surface area contributed by atoms with Crippen LogP contribution in [0, 0.1) is 11.3 Å². The van der Waals surface area contributed by atoms with E-state index in [2.05, 4.69) is 31.3 Å². The molecule has 2 fully saturated rings. The SMILES string of the molecule is CO/C=C1/CC[C@@H](COc2nc(N3CC4(C3)SCc3sc(N)c(C#N)c34)nc(N(CC(F)F)C(C)c3cccnc3N)n2)N1. The number of hydrogen-bond donors (Lipinski definition) is 3. The average Bonchev–Trinajstić information content (AvgIpc) is 3.67. The zero-order chi connectivity index (χ0) is 31.0. The number of rotatable bonds is 10. The van der Waals surface area contributed by atoms with Crippen molar-refractivity contribution in [2.75, 3.05) is 54.6 Å². The van der Waals surface area contributed by atoms with E-state index < -0.39 is 19.0 Å². The van der Waals surface area contributed by atoms with Gasteiger partial charge in [-0.15, -0.1) is 23.1 Å². The Morgan fingerprint density at radius 3 is 2.86 bits per heavy atom. The van der Waals surface area contributed by atoms with E-state index in [0.29, 0.717) is 35.2 Å². The molecule has 2 atom stereocenters. The molecule has 0 amide bonds. The molecule has 6 rings (SSSR count). The van der Waals surface area contributed by atoms with E-state index in [1.165, 1.54) is 16.2 Å². The van der Waals surface area contributed by atoms with E-state index in [4.69, 9.17) is 20.9 Å². The number of ether oxygens (including phenoxy) is 2. The second-order valence-electron chi connectivity index (χ2n) is 10.9. The van der Waals surface area contributed by atoms with Crippen LogP contribution < -0.4 is 31.3 Å². The Bertz CT molecular complexity index is 1610. The fourth-order valence-corrected chi connectivity index (χ4v) is 8.69. The van der Waals surface area contributed by atoms with Crippen LogP contribution in [0.4, 0.5) is 31.5 Å². The number of methoxy groups -OCH3 is 1. The summed E-state index contributed by atoms with van der Waals surface area (Å²) in [4.78, 5) is 22.4. The molecule has 5 N–H and O–H groups in total. The highest BCUT2D eigenvalue weighted by molar-refractivity contribution is 8.00. The molecular weight excluding hydrogens is 611 g/mol. The zero-order valence-corrected chi connectivity index (χ0v) is 25.8. The van der Waals surface area contributed by atoms with Crippen molar-refractivity contribution in [3.05, 3.63) is 51.9 Å². The summed E-state index contributed by atoms with van der Waals surface area (Å²) in [5.41, 5.74) is 15.3. The minimum Gasteiger partial charge on any atom is -0.503 e. The van der Waals surface area contributed by atoms with Gasteiger partial charge in [-0.2, -0.15) is 20.2 Å². The van der Waals surface area contributed by atoms with Crippen molar-refractivity contribution in [2.45, 2.75) is 48.8 Å². The van der Waals surface area contributed by atoms with Gasteiger partial charge in [0.25, 0.3) is 6.43 Å². The molecule has 0 aromatic carbocycles. The number of aromatic nitrogens is 4. The lowest BCUT2D eigenvalue weighted by molar-refractivity contribution is 0.151. The normalized spacial score (nSPS) is 19.9. The lowest BCUT2D eigenvalue weighted by Crippen LogP contribution is -2.57. The highest BCUT2D eigenvalue weighted by Crippen LogP contribution is 2.57. The van der Waals surface area contributed by atoms with Crippen LogP contribution in [0.2, 0.25) is 0 Å². The number of nitrogens with one attached hydrogen (secondary N) is 1. The second-order valence-corrected chi connectivity index (χ2v) is 13.4. The molecule has 0 saturated carbocycles. The minimum atomic E-state index is -2.68. The van der Waals surface area contributed by atoms with Crippen molar-refractivity contribution in [3.63, 3.8) is 0 Å². The molecule has 16 heteroatoms. The van der Waals surface area contributed by atoms with Gasteiger partial charge in [0.05, 0.1) is 36.0 Å². The van der Waals surface area contributed by atoms with Crippen LogP contribution >= 0.6 is 23.1 Å². The third-order valence-electron chi connectivity index (χ3n) is 8.03. The monoisotopic (exact) mass is 642 g/mol. The summed E-state index contributed by atoms with van der Waals surface area (Å²) < 4.78 is 38.8. The van der Waals surface area contributed by atoms with Gasteiger partial charge in [0.15, 0.2) is 0 Å². The maximum absolute atomic E-state index is 14.0. The Hall–Kier alpha value is -4.10. The maximum Gasteiger partial charge on any atom is 0.323 e. The molecule has 1 spiro atoms. The average molecular weight is 643 g/mol. The number of allylic oxidation sites excluding steroid dienone is 1. The van der Waals surface area contributed by atoms with Crippen molar-refractivity contribution < 1.29 is 18.3 Å². The lowest BCUT2D eigenvalue weighted by Gasteiger charge is -2.47. The predicted molar refractivity (Wildman–Crippen MR) is 166 cm³/mol. The summed E-state index contributed by atoms with van der Waals surface area (Å²) in [6.45, 7) is 2.41. The second kappa shape index (κ2) is 12.1. The molecule has 3 aliphatic rings. The number of halogens is 2. The summed E-state index contributed by atoms with van der Waals surface area (Å²) in [6.07, 6.45) is 2.18. The highest BCUT2D eigenvalue weighted by Gasteiger charge is 2.53. The number of nitrogens with zero attached hydrogens (tertiary/aromatic N) is 7. The summed E-state index contributed by atoms with van der Waals surface area (Å²) >= 11 is 3.23. The third-order valence-corrected chi connectivity index (χ3v) is 10.7. The molecule has 12 nitrogen and oxygen atoms in total. The van der Waals surface area contributed by atoms with Crippen molar-refractivity contribution in [2.24, 2.45) is 0 Å². The molecule has 1 unspecified atom stereocenters. The standard InChI is InChI=1S/C28H32F2N10O2S2/c1-15(18-4-3-7-34-23(18)32)40(9-21(29)30)26-36-25(37-27(38-26)42-11-17-6-5-16(35-17)10-41-2)39-13-28(14-39)22-19(8-31)24(33)44-20(22)12-43-28/h3-4,7,10,15,17,21,35H,5-6,9,11-14,33H2,1-2H3,(H2,32,34)/b16-10-/t15?,17-/m0/s1. The first-order valence-electron chi connectivity index (χ1n) is 14.0. The van der Waals surface area contributed by atoms with Gasteiger partial charge < -0.3 is 36.1 Å². The molecule has 6 heterocycles. The van der Waals surface area contributed by atoms with E-state index in [1.807, 2.05) is 4.90 Å². The van der Waals surface area contributed by atoms with Gasteiger partial charge >= 0.3 is 6.01 Å². The first kappa shape index (κ1) is 29.9. The van der Waals surface area contributed by atoms with Crippen LogP contribution in [-0.2, 0) is 15.2 Å². The predicted octanol–water partition coefficient (Wildman–Crippen LogP) is 3.78. The van der Waals surface area contributed by atoms with Gasteiger partial charge in [-0.05, 0) is 25.8 Å². The molecule has 3 aromatic heterocycles. The number of thioether (sulfide) groups is 1. The number of nitrogen functional groups attached to an aromatic ring is 2. The molecule has 2 saturated heterocycles. The topological polar surface area (TPSA) is 164 Å². The number of anilines is 4. The van der Waals surface area contributed by atoms with E-state index in [0.717, 1.165) is 34.7 Å². The molecule has 3 aromatic rings. The van der Waals surface area contributed by atoms with Crippen LogP contribution in [-0.4, -0.2) is 65.8 Å². The van der Waals surface area contributed by atoms with Crippen LogP contribution in [0.1, 0.15) is 47.4 Å². The van der Waals surface area contributed by atoms with E-state index in [-0.39, 0.29) is 35.2 Å². The van der Waals surface area contributed by atoms with Crippen molar-refractivity contribution in [1.82, 2.24) is 25.3 Å². The van der Waals surface area contributed by atoms with Gasteiger partial charge in [-0.1, -0.05) is 6.07 Å². The molecular formula is C28H32F2N10O2S2. The van der Waals surface area contributed by atoms with E-state index in [9.17, 15) is 14.0 Å². The van der Waals surface area contributed by atoms with Gasteiger partial charge in [-0.25, -0.2) is 13.8 Å². The van der Waals surface area contributed by atoms with E-state index >= 15 is 0 Å². The number of alkyl halides is 2. The fourth-order valence-electron chi connectivity index (χ4n) is 5.88. The smallest absolute Gasteiger partial charge is 0.323 e. The number of fused-ring (bicyclic) bond motifs is 2. The molecule has 3 aliphatic heterocycles. The first-order valence-corrected chi connectivity index (χ1v) is 15.8. The minimum absolute atomic E-state index is 0.000359. The summed E-state index contributed by atoms with van der Waals surface area (Å²) in [5, 5.41) is 13.7. The maximum atomic E-state index is 14.0. The quantitative estimate of drug-likeness (QED) is 0.274. The lowest BCUT2D eigenvalue weighted by atomic mass is 9.88. The van der Waals surface area contributed by atoms with E-state index in [1.54, 1.807) is 50.4 Å². The molecule has 0 radical (unpaired) electrons. The van der Waals surface area contributed by atoms with Crippen LogP contribution in [0.3, 0.4) is 0 Å². The van der Waals surface area contributed by atoms with Gasteiger partial charge in [0.1, 0.15) is 29.8 Å². The number of nitrogens with two attached hydrogens (primary N) is 2. The Kier molecular flexibility index (Phi) is 8.25. The third kappa shape index (κ3) is 5.61. The van der Waals surface area contributed by atoms with Crippen molar-refractivity contribution in [3.8, 4) is 12.1 Å². The Morgan fingerprint density at radius 1 is 1.32 bits per heavy atom. The van der Waals surface area contributed by atoms with Crippen LogP contribution in [0.25, 0.3) is 0 Å². The Labute approximate surface area is 261 Å². The van der Waals surface area contributed by atoms with Gasteiger partial charge in [0.2, 0.25) is 11.9 Å². The van der Waals surface area contributed by atoms with Gasteiger partial charge in [0, 0.05) is 46.7 Å². The summed E-state index contributed by atoms with van der Waals surface area (Å²) in [5.74, 6) is 1.35. The Morgan fingerprint density at radius 2 is 2.14 bits per heavy atom. The molecule has 232 valence electrons. The highest BCUT2D eigenvalue weighted by atomic mass is 32.2. The number of hydrogen-bond acceptors (Lipinski definition) is 14. The number of nitriles is 1. The molecule has 44 heavy (non-hydrogen) atoms. The zero-order valence-electron chi connectivity index (χ0n) is 24.2. The number of pyridine rings is 1. The number of thiophene rings is 1. The largest absolute Gasteiger partial charge is 0.503 e. The first-order chi connectivity index (χ1) is 21.2. The summed E-state index contributed by atoms with van der Waals surface area (Å²) in [6, 6.07) is 5.13. The fraction of sp³-hybridized carbons (Fsp3) is 0.464. The molecule has 0 aliphatic carbocycles. The van der Waals surface area contributed by atoms with Crippen LogP contribution in [0.5, 0.6) is 6.01 Å². The van der Waals surface area contributed by atoms with Crippen molar-refractivity contribution >= 4 is 45.8 Å². The van der Waals surface area contributed by atoms with Crippen LogP contribution in [0.15, 0.2) is 30.3 Å². The van der Waals surface area contributed by atoms with Gasteiger partial charge in [-0.3, -0.25) is 0 Å². The Balaban J connectivity index is 1.31. The summed E-state index contributed by atoms with van der Waals surface area (Å²) in [7, 11) is 1.59. The molecule has 0 bridgehead atoms. The van der Waals surface area contributed by atoms with Crippen molar-refractivity contribution in [1.29, 1.82) is 5.26 Å².